The van der Waals surface area contributed by atoms with Gasteiger partial charge in [-0.3, -0.25) is 10.1 Å². The van der Waals surface area contributed by atoms with E-state index in [9.17, 15) is 18.5 Å². The van der Waals surface area contributed by atoms with Crippen molar-refractivity contribution in [3.63, 3.8) is 0 Å². The molecular formula is C11H15N3O5S. The van der Waals surface area contributed by atoms with Gasteiger partial charge in [-0.25, -0.2) is 8.42 Å². The molecule has 0 spiro atoms. The van der Waals surface area contributed by atoms with Gasteiger partial charge >= 0.3 is 0 Å². The zero-order chi connectivity index (χ0) is 15.3. The molecule has 0 aliphatic rings. The molecule has 0 saturated heterocycles. The Hall–Kier alpha value is -1.97. The largest absolute Gasteiger partial charge is 0.395 e. The first-order valence-electron chi connectivity index (χ1n) is 5.60. The summed E-state index contributed by atoms with van der Waals surface area (Å²) in [6.07, 6.45) is 1.36. The van der Waals surface area contributed by atoms with Crippen molar-refractivity contribution in [2.45, 2.75) is 4.90 Å². The van der Waals surface area contributed by atoms with E-state index in [1.165, 1.54) is 12.1 Å². The smallest absolute Gasteiger partial charge is 0.293 e. The number of aliphatic hydroxyl groups is 1. The number of nitrogens with two attached hydrogens (primary N) is 1. The zero-order valence-electron chi connectivity index (χ0n) is 10.6. The maximum absolute atomic E-state index is 12.3. The Kier molecular flexibility index (Phi) is 5.19. The number of sulfonamides is 1. The highest BCUT2D eigenvalue weighted by Crippen LogP contribution is 2.26. The lowest BCUT2D eigenvalue weighted by Gasteiger charge is -2.19. The van der Waals surface area contributed by atoms with Gasteiger partial charge in [-0.15, -0.1) is 6.58 Å². The molecule has 0 amide bonds. The number of rotatable bonds is 7. The van der Waals surface area contributed by atoms with Gasteiger partial charge in [0.05, 0.1) is 16.4 Å². The molecule has 110 valence electrons. The van der Waals surface area contributed by atoms with Crippen molar-refractivity contribution < 1.29 is 18.4 Å². The van der Waals surface area contributed by atoms with E-state index in [2.05, 4.69) is 6.58 Å². The Labute approximate surface area is 116 Å². The van der Waals surface area contributed by atoms with Crippen LogP contribution in [0.4, 0.5) is 11.4 Å². The van der Waals surface area contributed by atoms with Gasteiger partial charge in [0.2, 0.25) is 10.0 Å². The van der Waals surface area contributed by atoms with Crippen molar-refractivity contribution in [1.29, 1.82) is 0 Å². The number of anilines is 1. The summed E-state index contributed by atoms with van der Waals surface area (Å²) in [7, 11) is -3.96. The second kappa shape index (κ2) is 6.46. The second-order valence-electron chi connectivity index (χ2n) is 3.85. The molecule has 8 nitrogen and oxygen atoms in total. The minimum atomic E-state index is -3.96. The van der Waals surface area contributed by atoms with E-state index in [0.29, 0.717) is 0 Å². The summed E-state index contributed by atoms with van der Waals surface area (Å²) >= 11 is 0. The molecule has 9 heteroatoms. The van der Waals surface area contributed by atoms with Crippen LogP contribution in [0.3, 0.4) is 0 Å². The fourth-order valence-electron chi connectivity index (χ4n) is 1.56. The van der Waals surface area contributed by atoms with Crippen molar-refractivity contribution in [3.8, 4) is 0 Å². The number of nitrogen functional groups attached to an aromatic ring is 1. The lowest BCUT2D eigenvalue weighted by atomic mass is 10.3. The number of nitro benzene ring substituents is 1. The highest BCUT2D eigenvalue weighted by Gasteiger charge is 2.25. The summed E-state index contributed by atoms with van der Waals surface area (Å²) in [5.74, 6) is 0. The van der Waals surface area contributed by atoms with E-state index in [-0.39, 0.29) is 30.3 Å². The van der Waals surface area contributed by atoms with E-state index in [0.717, 1.165) is 16.4 Å². The standard InChI is InChI=1S/C11H15N3O5S/c1-2-5-13(6-7-15)20(18,19)9-3-4-10(12)11(8-9)14(16)17/h2-4,8,15H,1,5-7,12H2. The van der Waals surface area contributed by atoms with Crippen molar-refractivity contribution >= 4 is 21.4 Å². The van der Waals surface area contributed by atoms with Crippen LogP contribution < -0.4 is 5.73 Å². The quantitative estimate of drug-likeness (QED) is 0.324. The molecule has 0 aliphatic carbocycles. The minimum Gasteiger partial charge on any atom is -0.395 e. The van der Waals surface area contributed by atoms with Crippen LogP contribution in [0.25, 0.3) is 0 Å². The van der Waals surface area contributed by atoms with E-state index in [4.69, 9.17) is 10.8 Å². The normalized spacial score (nSPS) is 11.5. The maximum Gasteiger partial charge on any atom is 0.293 e. The third kappa shape index (κ3) is 3.32. The predicted octanol–water partition coefficient (Wildman–Crippen LogP) is 0.346. The van der Waals surface area contributed by atoms with E-state index in [1.54, 1.807) is 0 Å². The van der Waals surface area contributed by atoms with Crippen LogP contribution in [0.5, 0.6) is 0 Å². The first kappa shape index (κ1) is 16.1. The molecule has 1 rings (SSSR count). The summed E-state index contributed by atoms with van der Waals surface area (Å²) < 4.78 is 25.6. The lowest BCUT2D eigenvalue weighted by molar-refractivity contribution is -0.384. The number of nitrogens with zero attached hydrogens (tertiary/aromatic N) is 2. The lowest BCUT2D eigenvalue weighted by Crippen LogP contribution is -2.33. The molecule has 0 radical (unpaired) electrons. The Bertz CT molecular complexity index is 614. The summed E-state index contributed by atoms with van der Waals surface area (Å²) in [6, 6.07) is 3.25. The SMILES string of the molecule is C=CCN(CCO)S(=O)(=O)c1ccc(N)c([N+](=O)[O-])c1. The Balaban J connectivity index is 3.30. The van der Waals surface area contributed by atoms with Crippen LogP contribution in [0.1, 0.15) is 0 Å². The van der Waals surface area contributed by atoms with Crippen molar-refractivity contribution in [2.24, 2.45) is 0 Å². The van der Waals surface area contributed by atoms with Crippen molar-refractivity contribution in [1.82, 2.24) is 4.31 Å². The molecule has 1 aromatic carbocycles. The first-order valence-corrected chi connectivity index (χ1v) is 7.04. The third-order valence-corrected chi connectivity index (χ3v) is 4.38. The Morgan fingerprint density at radius 2 is 2.15 bits per heavy atom. The Morgan fingerprint density at radius 1 is 1.50 bits per heavy atom. The maximum atomic E-state index is 12.3. The molecule has 0 saturated carbocycles. The van der Waals surface area contributed by atoms with E-state index < -0.39 is 20.6 Å². The fraction of sp³-hybridized carbons (Fsp3) is 0.273. The van der Waals surface area contributed by atoms with Gasteiger partial charge in [0.25, 0.3) is 5.69 Å². The second-order valence-corrected chi connectivity index (χ2v) is 5.79. The molecule has 0 atom stereocenters. The van der Waals surface area contributed by atoms with Gasteiger partial charge < -0.3 is 10.8 Å². The van der Waals surface area contributed by atoms with Crippen LogP contribution in [-0.4, -0.2) is 42.4 Å². The average molecular weight is 301 g/mol. The third-order valence-electron chi connectivity index (χ3n) is 2.52. The molecule has 20 heavy (non-hydrogen) atoms. The van der Waals surface area contributed by atoms with E-state index >= 15 is 0 Å². The molecule has 0 aliphatic heterocycles. The molecule has 0 bridgehead atoms. The number of benzene rings is 1. The summed E-state index contributed by atoms with van der Waals surface area (Å²) in [5, 5.41) is 19.7. The highest BCUT2D eigenvalue weighted by atomic mass is 32.2. The molecule has 3 N–H and O–H groups in total. The van der Waals surface area contributed by atoms with Gasteiger partial charge in [0.1, 0.15) is 5.69 Å². The van der Waals surface area contributed by atoms with Gasteiger partial charge in [-0.2, -0.15) is 4.31 Å². The number of hydrogen-bond acceptors (Lipinski definition) is 6. The molecule has 0 heterocycles. The van der Waals surface area contributed by atoms with Gasteiger partial charge in [-0.05, 0) is 12.1 Å². The van der Waals surface area contributed by atoms with Crippen molar-refractivity contribution in [3.05, 3.63) is 41.0 Å². The van der Waals surface area contributed by atoms with Crippen LogP contribution >= 0.6 is 0 Å². The molecule has 0 aromatic heterocycles. The summed E-state index contributed by atoms with van der Waals surface area (Å²) in [4.78, 5) is 9.78. The minimum absolute atomic E-state index is 0.0128. The van der Waals surface area contributed by atoms with Gasteiger partial charge in [0.15, 0.2) is 0 Å². The molecule has 0 unspecified atom stereocenters. The predicted molar refractivity (Wildman–Crippen MR) is 73.6 cm³/mol. The van der Waals surface area contributed by atoms with Crippen LogP contribution in [0.15, 0.2) is 35.7 Å². The fourth-order valence-corrected chi connectivity index (χ4v) is 2.98. The van der Waals surface area contributed by atoms with E-state index in [1.807, 2.05) is 0 Å². The summed E-state index contributed by atoms with van der Waals surface area (Å²) in [5.41, 5.74) is 4.82. The van der Waals surface area contributed by atoms with Crippen LogP contribution in [0.2, 0.25) is 0 Å². The van der Waals surface area contributed by atoms with Crippen LogP contribution in [-0.2, 0) is 10.0 Å². The monoisotopic (exact) mass is 301 g/mol. The van der Waals surface area contributed by atoms with Gasteiger partial charge in [-0.1, -0.05) is 6.08 Å². The van der Waals surface area contributed by atoms with Crippen molar-refractivity contribution in [2.75, 3.05) is 25.4 Å². The zero-order valence-corrected chi connectivity index (χ0v) is 11.4. The first-order chi connectivity index (χ1) is 9.34. The number of nitro groups is 1. The molecule has 1 aromatic rings. The number of hydrogen-bond donors (Lipinski definition) is 2. The number of aliphatic hydroxyl groups excluding tert-OH is 1. The van der Waals surface area contributed by atoms with Gasteiger partial charge in [0, 0.05) is 19.2 Å². The summed E-state index contributed by atoms with van der Waals surface area (Å²) in [6.45, 7) is 2.92. The highest BCUT2D eigenvalue weighted by molar-refractivity contribution is 7.89. The Morgan fingerprint density at radius 3 is 2.65 bits per heavy atom. The topological polar surface area (TPSA) is 127 Å². The average Bonchev–Trinajstić information content (AvgIpc) is 2.38. The molecular weight excluding hydrogens is 286 g/mol. The van der Waals surface area contributed by atoms with Crippen LogP contribution in [0, 0.1) is 10.1 Å². The molecule has 0 fully saturated rings.